The Labute approximate surface area is 79.7 Å². The molecule has 2 saturated heterocycles. The van der Waals surface area contributed by atoms with E-state index in [1.807, 2.05) is 11.8 Å². The van der Waals surface area contributed by atoms with Crippen molar-refractivity contribution >= 4 is 5.91 Å². The molecule has 2 heterocycles. The third kappa shape index (κ3) is 1.46. The molecule has 0 aromatic carbocycles. The molecule has 2 aliphatic rings. The minimum atomic E-state index is 0.320. The fraction of sp³-hybridized carbons (Fsp3) is 0.900. The van der Waals surface area contributed by atoms with Gasteiger partial charge in [0.05, 0.1) is 0 Å². The van der Waals surface area contributed by atoms with Crippen molar-refractivity contribution in [1.82, 2.24) is 9.80 Å². The zero-order valence-electron chi connectivity index (χ0n) is 8.55. The van der Waals surface area contributed by atoms with Crippen molar-refractivity contribution in [3.63, 3.8) is 0 Å². The molecule has 3 heteroatoms. The second kappa shape index (κ2) is 2.98. The molecule has 0 saturated carbocycles. The average molecular weight is 182 g/mol. The van der Waals surface area contributed by atoms with Gasteiger partial charge in [-0.25, -0.2) is 0 Å². The van der Waals surface area contributed by atoms with E-state index in [0.717, 1.165) is 13.1 Å². The summed E-state index contributed by atoms with van der Waals surface area (Å²) in [6.07, 6.45) is 1.93. The lowest BCUT2D eigenvalue weighted by molar-refractivity contribution is -0.142. The summed E-state index contributed by atoms with van der Waals surface area (Å²) in [5, 5.41) is 0. The van der Waals surface area contributed by atoms with E-state index in [2.05, 4.69) is 11.9 Å². The molecule has 0 aromatic rings. The van der Waals surface area contributed by atoms with E-state index < -0.39 is 0 Å². The minimum Gasteiger partial charge on any atom is -0.341 e. The SMILES string of the molecule is CCC(=O)N1CC2(CCN(C)C2)C1. The maximum absolute atomic E-state index is 11.3. The average Bonchev–Trinajstić information content (AvgIpc) is 2.43. The topological polar surface area (TPSA) is 23.6 Å². The largest absolute Gasteiger partial charge is 0.341 e. The summed E-state index contributed by atoms with van der Waals surface area (Å²) in [5.41, 5.74) is 0.472. The maximum Gasteiger partial charge on any atom is 0.222 e. The van der Waals surface area contributed by atoms with Gasteiger partial charge in [-0.05, 0) is 20.0 Å². The predicted molar refractivity (Wildman–Crippen MR) is 51.4 cm³/mol. The van der Waals surface area contributed by atoms with Gasteiger partial charge < -0.3 is 9.80 Å². The van der Waals surface area contributed by atoms with Crippen LogP contribution in [0.4, 0.5) is 0 Å². The summed E-state index contributed by atoms with van der Waals surface area (Å²) >= 11 is 0. The Balaban J connectivity index is 1.87. The smallest absolute Gasteiger partial charge is 0.222 e. The predicted octanol–water partition coefficient (Wildman–Crippen LogP) is 0.560. The zero-order valence-corrected chi connectivity index (χ0v) is 8.55. The molecule has 2 fully saturated rings. The zero-order chi connectivity index (χ0) is 9.47. The van der Waals surface area contributed by atoms with Crippen LogP contribution in [0.5, 0.6) is 0 Å². The van der Waals surface area contributed by atoms with Crippen molar-refractivity contribution in [1.29, 1.82) is 0 Å². The highest BCUT2D eigenvalue weighted by Crippen LogP contribution is 2.38. The molecule has 0 bridgehead atoms. The Bertz CT molecular complexity index is 221. The molecule has 1 spiro atoms. The Morgan fingerprint density at radius 1 is 1.38 bits per heavy atom. The highest BCUT2D eigenvalue weighted by atomic mass is 16.2. The van der Waals surface area contributed by atoms with Crippen molar-refractivity contribution in [2.75, 3.05) is 33.2 Å². The van der Waals surface area contributed by atoms with Gasteiger partial charge in [0, 0.05) is 31.5 Å². The van der Waals surface area contributed by atoms with Gasteiger partial charge in [-0.1, -0.05) is 6.92 Å². The highest BCUT2D eigenvalue weighted by Gasteiger charge is 2.47. The van der Waals surface area contributed by atoms with E-state index >= 15 is 0 Å². The molecule has 2 aliphatic heterocycles. The Morgan fingerprint density at radius 2 is 2.08 bits per heavy atom. The monoisotopic (exact) mass is 182 g/mol. The third-order valence-electron chi connectivity index (χ3n) is 3.34. The van der Waals surface area contributed by atoms with Crippen molar-refractivity contribution in [3.8, 4) is 0 Å². The van der Waals surface area contributed by atoms with Crippen LogP contribution < -0.4 is 0 Å². The van der Waals surface area contributed by atoms with Gasteiger partial charge in [-0.3, -0.25) is 4.79 Å². The second-order valence-corrected chi connectivity index (χ2v) is 4.59. The molecule has 1 amide bonds. The molecule has 0 atom stereocenters. The van der Waals surface area contributed by atoms with Gasteiger partial charge in [0.2, 0.25) is 5.91 Å². The van der Waals surface area contributed by atoms with E-state index in [0.29, 0.717) is 17.7 Å². The number of likely N-dealkylation sites (tertiary alicyclic amines) is 2. The van der Waals surface area contributed by atoms with E-state index in [1.165, 1.54) is 19.5 Å². The molecule has 0 aromatic heterocycles. The van der Waals surface area contributed by atoms with Crippen LogP contribution >= 0.6 is 0 Å². The van der Waals surface area contributed by atoms with E-state index in [9.17, 15) is 4.79 Å². The van der Waals surface area contributed by atoms with Gasteiger partial charge in [-0.2, -0.15) is 0 Å². The van der Waals surface area contributed by atoms with Crippen molar-refractivity contribution < 1.29 is 4.79 Å². The number of hydrogen-bond acceptors (Lipinski definition) is 2. The van der Waals surface area contributed by atoms with Gasteiger partial charge in [0.25, 0.3) is 0 Å². The van der Waals surface area contributed by atoms with Gasteiger partial charge in [0.1, 0.15) is 0 Å². The number of nitrogens with zero attached hydrogens (tertiary/aromatic N) is 2. The normalized spacial score (nSPS) is 26.5. The van der Waals surface area contributed by atoms with Crippen LogP contribution in [0.3, 0.4) is 0 Å². The van der Waals surface area contributed by atoms with Crippen molar-refractivity contribution in [2.45, 2.75) is 19.8 Å². The minimum absolute atomic E-state index is 0.320. The molecule has 0 aliphatic carbocycles. The lowest BCUT2D eigenvalue weighted by Crippen LogP contribution is -2.59. The van der Waals surface area contributed by atoms with E-state index in [4.69, 9.17) is 0 Å². The molecule has 0 unspecified atom stereocenters. The summed E-state index contributed by atoms with van der Waals surface area (Å²) in [6.45, 7) is 6.33. The lowest BCUT2D eigenvalue weighted by Gasteiger charge is -2.48. The molecular weight excluding hydrogens is 164 g/mol. The first kappa shape index (κ1) is 9.00. The van der Waals surface area contributed by atoms with Crippen molar-refractivity contribution in [3.05, 3.63) is 0 Å². The van der Waals surface area contributed by atoms with Gasteiger partial charge in [0.15, 0.2) is 0 Å². The van der Waals surface area contributed by atoms with E-state index in [-0.39, 0.29) is 0 Å². The fourth-order valence-electron chi connectivity index (χ4n) is 2.58. The molecule has 13 heavy (non-hydrogen) atoms. The number of carbonyl (C=O) groups is 1. The fourth-order valence-corrected chi connectivity index (χ4v) is 2.58. The Hall–Kier alpha value is -0.570. The summed E-state index contributed by atoms with van der Waals surface area (Å²) in [7, 11) is 2.17. The summed E-state index contributed by atoms with van der Waals surface area (Å²) in [6, 6.07) is 0. The van der Waals surface area contributed by atoms with Gasteiger partial charge in [-0.15, -0.1) is 0 Å². The summed E-state index contributed by atoms with van der Waals surface area (Å²) < 4.78 is 0. The van der Waals surface area contributed by atoms with Crippen LogP contribution in [0.15, 0.2) is 0 Å². The number of hydrogen-bond donors (Lipinski definition) is 0. The maximum atomic E-state index is 11.3. The quantitative estimate of drug-likeness (QED) is 0.591. The summed E-state index contributed by atoms with van der Waals surface area (Å²) in [5.74, 6) is 0.320. The van der Waals surface area contributed by atoms with E-state index in [1.54, 1.807) is 0 Å². The molecule has 0 radical (unpaired) electrons. The Kier molecular flexibility index (Phi) is 2.06. The number of amides is 1. The number of carbonyl (C=O) groups excluding carboxylic acids is 1. The first-order chi connectivity index (χ1) is 6.15. The molecule has 0 N–H and O–H groups in total. The molecule has 3 nitrogen and oxygen atoms in total. The summed E-state index contributed by atoms with van der Waals surface area (Å²) in [4.78, 5) is 15.7. The van der Waals surface area contributed by atoms with Crippen molar-refractivity contribution in [2.24, 2.45) is 5.41 Å². The number of rotatable bonds is 1. The molecular formula is C10H18N2O. The van der Waals surface area contributed by atoms with Crippen LogP contribution in [-0.2, 0) is 4.79 Å². The first-order valence-electron chi connectivity index (χ1n) is 5.11. The van der Waals surface area contributed by atoms with Gasteiger partial charge >= 0.3 is 0 Å². The first-order valence-corrected chi connectivity index (χ1v) is 5.11. The lowest BCUT2D eigenvalue weighted by atomic mass is 9.79. The second-order valence-electron chi connectivity index (χ2n) is 4.59. The Morgan fingerprint density at radius 3 is 2.54 bits per heavy atom. The highest BCUT2D eigenvalue weighted by molar-refractivity contribution is 5.76. The van der Waals surface area contributed by atoms with Crippen LogP contribution in [0.25, 0.3) is 0 Å². The van der Waals surface area contributed by atoms with Crippen LogP contribution in [0, 0.1) is 5.41 Å². The van der Waals surface area contributed by atoms with Crippen LogP contribution in [0.1, 0.15) is 19.8 Å². The molecule has 74 valence electrons. The van der Waals surface area contributed by atoms with Crippen LogP contribution in [0.2, 0.25) is 0 Å². The van der Waals surface area contributed by atoms with Crippen LogP contribution in [-0.4, -0.2) is 48.9 Å². The standard InChI is InChI=1S/C10H18N2O/c1-3-9(13)12-7-10(8-12)4-5-11(2)6-10/h3-8H2,1-2H3. The third-order valence-corrected chi connectivity index (χ3v) is 3.34. The molecule has 2 rings (SSSR count).